The van der Waals surface area contributed by atoms with Crippen LogP contribution >= 0.6 is 11.6 Å². The number of imidazole rings is 1. The third-order valence-corrected chi connectivity index (χ3v) is 5.91. The van der Waals surface area contributed by atoms with Crippen LogP contribution in [0.2, 0.25) is 5.02 Å². The molecule has 5 aromatic rings. The SMILES string of the molecule is Cn1c(=O)c2c(ncn2CC(=O)Nc2ccc(-c3cn(-c4ccccc4Cl)nn3)cc2)n(C)c1=O. The van der Waals surface area contributed by atoms with Crippen molar-refractivity contribution in [1.29, 1.82) is 0 Å². The zero-order chi connectivity index (χ0) is 24.7. The van der Waals surface area contributed by atoms with Crippen molar-refractivity contribution in [1.82, 2.24) is 33.7 Å². The molecule has 0 saturated carbocycles. The Morgan fingerprint density at radius 3 is 2.51 bits per heavy atom. The molecule has 35 heavy (non-hydrogen) atoms. The number of aromatic nitrogens is 7. The van der Waals surface area contributed by atoms with Crippen LogP contribution < -0.4 is 16.6 Å². The number of hydrogen-bond acceptors (Lipinski definition) is 6. The van der Waals surface area contributed by atoms with E-state index in [9.17, 15) is 14.4 Å². The van der Waals surface area contributed by atoms with Crippen molar-refractivity contribution >= 4 is 34.4 Å². The van der Waals surface area contributed by atoms with Gasteiger partial charge < -0.3 is 9.88 Å². The van der Waals surface area contributed by atoms with Crippen LogP contribution in [0.3, 0.4) is 0 Å². The van der Waals surface area contributed by atoms with Crippen molar-refractivity contribution in [3.05, 3.63) is 86.9 Å². The van der Waals surface area contributed by atoms with E-state index in [4.69, 9.17) is 11.6 Å². The highest BCUT2D eigenvalue weighted by atomic mass is 35.5. The number of nitrogens with zero attached hydrogens (tertiary/aromatic N) is 7. The van der Waals surface area contributed by atoms with Gasteiger partial charge in [-0.3, -0.25) is 18.7 Å². The molecule has 0 atom stereocenters. The first-order valence-corrected chi connectivity index (χ1v) is 10.9. The van der Waals surface area contributed by atoms with Gasteiger partial charge in [-0.15, -0.1) is 5.10 Å². The third kappa shape index (κ3) is 4.02. The van der Waals surface area contributed by atoms with Crippen LogP contribution in [0.4, 0.5) is 5.69 Å². The summed E-state index contributed by atoms with van der Waals surface area (Å²) in [6, 6.07) is 14.5. The number of carbonyl (C=O) groups excluding carboxylic acids is 1. The lowest BCUT2D eigenvalue weighted by Crippen LogP contribution is -2.37. The molecule has 176 valence electrons. The van der Waals surface area contributed by atoms with Gasteiger partial charge in [0, 0.05) is 25.3 Å². The van der Waals surface area contributed by atoms with Gasteiger partial charge in [0.1, 0.15) is 12.2 Å². The molecule has 2 aromatic carbocycles. The number of carbonyl (C=O) groups is 1. The maximum Gasteiger partial charge on any atom is 0.332 e. The van der Waals surface area contributed by atoms with E-state index in [0.717, 1.165) is 15.8 Å². The van der Waals surface area contributed by atoms with E-state index in [1.165, 1.54) is 29.6 Å². The molecule has 1 N–H and O–H groups in total. The number of nitrogens with one attached hydrogen (secondary N) is 1. The summed E-state index contributed by atoms with van der Waals surface area (Å²) in [6.45, 7) is -0.141. The standard InChI is InChI=1S/C23H19ClN8O3/c1-29-21-20(22(34)30(2)23(29)35)31(13-25-21)12-19(33)26-15-9-7-14(8-10-15)17-11-32(28-27-17)18-6-4-3-5-16(18)24/h3-11,13H,12H2,1-2H3,(H,26,33). The summed E-state index contributed by atoms with van der Waals surface area (Å²) in [7, 11) is 2.91. The summed E-state index contributed by atoms with van der Waals surface area (Å²) in [5, 5.41) is 11.7. The number of anilines is 1. The molecule has 3 aromatic heterocycles. The van der Waals surface area contributed by atoms with Crippen molar-refractivity contribution in [3.8, 4) is 16.9 Å². The summed E-state index contributed by atoms with van der Waals surface area (Å²) in [6.07, 6.45) is 3.14. The second-order valence-corrected chi connectivity index (χ2v) is 8.28. The topological polar surface area (TPSA) is 122 Å². The second-order valence-electron chi connectivity index (χ2n) is 7.88. The zero-order valence-corrected chi connectivity index (χ0v) is 19.5. The number of benzene rings is 2. The van der Waals surface area contributed by atoms with E-state index in [-0.39, 0.29) is 23.6 Å². The highest BCUT2D eigenvalue weighted by Crippen LogP contribution is 2.23. The van der Waals surface area contributed by atoms with Gasteiger partial charge in [0.05, 0.1) is 23.2 Å². The Bertz CT molecular complexity index is 1690. The van der Waals surface area contributed by atoms with Crippen LogP contribution in [0.15, 0.2) is 70.6 Å². The first-order valence-electron chi connectivity index (χ1n) is 10.5. The monoisotopic (exact) mass is 490 g/mol. The number of halogens is 1. The summed E-state index contributed by atoms with van der Waals surface area (Å²) in [5.41, 5.74) is 2.16. The number of fused-ring (bicyclic) bond motifs is 1. The third-order valence-electron chi connectivity index (χ3n) is 5.59. The average Bonchev–Trinajstić information content (AvgIpc) is 3.50. The normalized spacial score (nSPS) is 11.2. The van der Waals surface area contributed by atoms with Gasteiger partial charge in [-0.05, 0) is 24.3 Å². The van der Waals surface area contributed by atoms with E-state index in [1.807, 2.05) is 30.3 Å². The summed E-state index contributed by atoms with van der Waals surface area (Å²) < 4.78 is 5.28. The lowest BCUT2D eigenvalue weighted by atomic mass is 10.1. The lowest BCUT2D eigenvalue weighted by molar-refractivity contribution is -0.116. The molecule has 0 fully saturated rings. The van der Waals surface area contributed by atoms with Gasteiger partial charge in [-0.2, -0.15) is 0 Å². The Kier molecular flexibility index (Phi) is 5.53. The zero-order valence-electron chi connectivity index (χ0n) is 18.7. The first-order chi connectivity index (χ1) is 16.8. The summed E-state index contributed by atoms with van der Waals surface area (Å²) in [5.74, 6) is -0.349. The minimum absolute atomic E-state index is 0.141. The average molecular weight is 491 g/mol. The predicted octanol–water partition coefficient (Wildman–Crippen LogP) is 1.97. The molecule has 0 unspecified atom stereocenters. The Labute approximate surface area is 202 Å². The molecule has 0 bridgehead atoms. The van der Waals surface area contributed by atoms with Crippen LogP contribution in [-0.4, -0.2) is 39.6 Å². The molecule has 1 amide bonds. The smallest absolute Gasteiger partial charge is 0.325 e. The first kappa shape index (κ1) is 22.3. The fourth-order valence-electron chi connectivity index (χ4n) is 3.75. The van der Waals surface area contributed by atoms with E-state index in [0.29, 0.717) is 16.4 Å². The quantitative estimate of drug-likeness (QED) is 0.402. The molecule has 0 saturated heterocycles. The minimum Gasteiger partial charge on any atom is -0.325 e. The van der Waals surface area contributed by atoms with Gasteiger partial charge in [-0.1, -0.05) is 41.1 Å². The molecule has 5 rings (SSSR count). The fourth-order valence-corrected chi connectivity index (χ4v) is 3.97. The summed E-state index contributed by atoms with van der Waals surface area (Å²) in [4.78, 5) is 41.4. The van der Waals surface area contributed by atoms with Crippen molar-refractivity contribution < 1.29 is 4.79 Å². The minimum atomic E-state index is -0.511. The Morgan fingerprint density at radius 2 is 1.77 bits per heavy atom. The number of rotatable bonds is 5. The molecular formula is C23H19ClN8O3. The number of hydrogen-bond donors (Lipinski definition) is 1. The molecule has 0 aliphatic rings. The highest BCUT2D eigenvalue weighted by molar-refractivity contribution is 6.32. The Balaban J connectivity index is 1.32. The van der Waals surface area contributed by atoms with Crippen LogP contribution in [0, 0.1) is 0 Å². The Morgan fingerprint density at radius 1 is 1.03 bits per heavy atom. The van der Waals surface area contributed by atoms with Crippen molar-refractivity contribution in [3.63, 3.8) is 0 Å². The second kappa shape index (κ2) is 8.69. The maximum absolute atomic E-state index is 12.6. The lowest BCUT2D eigenvalue weighted by Gasteiger charge is -2.08. The van der Waals surface area contributed by atoms with Crippen LogP contribution in [-0.2, 0) is 25.4 Å². The van der Waals surface area contributed by atoms with Gasteiger partial charge in [0.15, 0.2) is 11.2 Å². The summed E-state index contributed by atoms with van der Waals surface area (Å²) >= 11 is 6.23. The van der Waals surface area contributed by atoms with E-state index in [2.05, 4.69) is 20.6 Å². The molecule has 0 aliphatic carbocycles. The van der Waals surface area contributed by atoms with Gasteiger partial charge in [0.2, 0.25) is 5.91 Å². The molecular weight excluding hydrogens is 472 g/mol. The molecule has 0 spiro atoms. The maximum atomic E-state index is 12.6. The van der Waals surface area contributed by atoms with Crippen molar-refractivity contribution in [2.45, 2.75) is 6.54 Å². The van der Waals surface area contributed by atoms with E-state index < -0.39 is 11.2 Å². The Hall–Kier alpha value is -4.51. The molecule has 0 radical (unpaired) electrons. The van der Waals surface area contributed by atoms with Crippen molar-refractivity contribution in [2.24, 2.45) is 14.1 Å². The number of aryl methyl sites for hydroxylation is 1. The molecule has 11 nitrogen and oxygen atoms in total. The fraction of sp³-hybridized carbons (Fsp3) is 0.130. The predicted molar refractivity (Wildman–Crippen MR) is 131 cm³/mol. The van der Waals surface area contributed by atoms with E-state index in [1.54, 1.807) is 29.1 Å². The molecule has 0 aliphatic heterocycles. The van der Waals surface area contributed by atoms with E-state index >= 15 is 0 Å². The highest BCUT2D eigenvalue weighted by Gasteiger charge is 2.16. The van der Waals surface area contributed by atoms with Gasteiger partial charge in [0.25, 0.3) is 5.56 Å². The van der Waals surface area contributed by atoms with Crippen LogP contribution in [0.25, 0.3) is 28.1 Å². The number of para-hydroxylation sites is 1. The van der Waals surface area contributed by atoms with Gasteiger partial charge >= 0.3 is 5.69 Å². The van der Waals surface area contributed by atoms with Crippen molar-refractivity contribution in [2.75, 3.05) is 5.32 Å². The van der Waals surface area contributed by atoms with Crippen LogP contribution in [0.5, 0.6) is 0 Å². The largest absolute Gasteiger partial charge is 0.332 e. The molecule has 12 heteroatoms. The number of amides is 1. The van der Waals surface area contributed by atoms with Gasteiger partial charge in [-0.25, -0.2) is 14.5 Å². The molecule has 3 heterocycles. The van der Waals surface area contributed by atoms with Crippen LogP contribution in [0.1, 0.15) is 0 Å².